The topological polar surface area (TPSA) is 152 Å². The van der Waals surface area contributed by atoms with Crippen molar-refractivity contribution < 1.29 is 49.0 Å². The van der Waals surface area contributed by atoms with Crippen LogP contribution in [0.2, 0.25) is 0 Å². The van der Waals surface area contributed by atoms with Gasteiger partial charge < -0.3 is 39.4 Å². The fraction of sp³-hybridized carbons (Fsp3) is 0.933. The molecule has 11 unspecified atom stereocenters. The second-order valence-corrected chi connectivity index (χ2v) is 13.7. The molecule has 0 bridgehead atoms. The average Bonchev–Trinajstić information content (AvgIpc) is 3.28. The van der Waals surface area contributed by atoms with Crippen molar-refractivity contribution >= 4 is 11.9 Å². The highest BCUT2D eigenvalue weighted by molar-refractivity contribution is 5.75. The molecule has 4 aliphatic carbocycles. The minimum Gasteiger partial charge on any atom is -0.467 e. The van der Waals surface area contributed by atoms with Crippen LogP contribution < -0.4 is 0 Å². The smallest absolute Gasteiger partial charge is 0.337 e. The van der Waals surface area contributed by atoms with Gasteiger partial charge in [0.2, 0.25) is 0 Å². The zero-order chi connectivity index (χ0) is 29.0. The molecule has 1 saturated heterocycles. The molecule has 0 radical (unpaired) electrons. The number of ether oxygens (including phenoxy) is 4. The molecule has 10 heteroatoms. The molecule has 0 aromatic carbocycles. The van der Waals surface area contributed by atoms with E-state index in [1.807, 2.05) is 0 Å². The number of carbonyl (C=O) groups is 2. The van der Waals surface area contributed by atoms with E-state index < -0.39 is 42.8 Å². The van der Waals surface area contributed by atoms with Gasteiger partial charge in [0.25, 0.3) is 0 Å². The number of hydrogen-bond acceptors (Lipinski definition) is 10. The average molecular weight is 569 g/mol. The zero-order valence-corrected chi connectivity index (χ0v) is 24.2. The first-order valence-electron chi connectivity index (χ1n) is 15.2. The molecule has 10 nitrogen and oxygen atoms in total. The summed E-state index contributed by atoms with van der Waals surface area (Å²) >= 11 is 0. The Balaban J connectivity index is 1.29. The Kier molecular flexibility index (Phi) is 8.61. The van der Waals surface area contributed by atoms with E-state index in [1.165, 1.54) is 6.92 Å². The third kappa shape index (κ3) is 5.00. The van der Waals surface area contributed by atoms with Crippen molar-refractivity contribution in [3.63, 3.8) is 0 Å². The lowest BCUT2D eigenvalue weighted by molar-refractivity contribution is -0.313. The Morgan fingerprint density at radius 3 is 2.30 bits per heavy atom. The summed E-state index contributed by atoms with van der Waals surface area (Å²) < 4.78 is 22.0. The lowest BCUT2D eigenvalue weighted by atomic mass is 9.44. The van der Waals surface area contributed by atoms with Crippen LogP contribution in [0, 0.1) is 40.4 Å². The van der Waals surface area contributed by atoms with Gasteiger partial charge in [-0.05, 0) is 98.2 Å². The van der Waals surface area contributed by atoms with Crippen LogP contribution >= 0.6 is 0 Å². The van der Waals surface area contributed by atoms with E-state index in [0.717, 1.165) is 64.9 Å². The molecule has 0 aromatic rings. The van der Waals surface area contributed by atoms with Gasteiger partial charge in [-0.3, -0.25) is 4.79 Å². The zero-order valence-electron chi connectivity index (χ0n) is 24.2. The Labute approximate surface area is 236 Å². The number of hydrogen-bond donors (Lipinski definition) is 4. The van der Waals surface area contributed by atoms with Gasteiger partial charge in [-0.15, -0.1) is 0 Å². The van der Waals surface area contributed by atoms with E-state index in [1.54, 1.807) is 0 Å². The number of aliphatic hydroxyl groups excluding tert-OH is 4. The lowest BCUT2D eigenvalue weighted by Crippen LogP contribution is -2.61. The molecule has 1 aliphatic heterocycles. The molecule has 5 aliphatic rings. The van der Waals surface area contributed by atoms with Crippen LogP contribution in [0.25, 0.3) is 0 Å². The number of methoxy groups -OCH3 is 1. The maximum Gasteiger partial charge on any atom is 0.337 e. The van der Waals surface area contributed by atoms with E-state index in [2.05, 4.69) is 18.6 Å². The minimum atomic E-state index is -1.66. The second-order valence-electron chi connectivity index (χ2n) is 13.7. The van der Waals surface area contributed by atoms with Crippen LogP contribution in [-0.4, -0.2) is 89.0 Å². The predicted molar refractivity (Wildman–Crippen MR) is 141 cm³/mol. The van der Waals surface area contributed by atoms with Gasteiger partial charge in [-0.2, -0.15) is 0 Å². The Hall–Kier alpha value is -1.30. The van der Waals surface area contributed by atoms with E-state index >= 15 is 0 Å². The largest absolute Gasteiger partial charge is 0.467 e. The van der Waals surface area contributed by atoms with Crippen LogP contribution in [0.4, 0.5) is 0 Å². The molecule has 14 atom stereocenters. The summed E-state index contributed by atoms with van der Waals surface area (Å²) in [6.45, 7) is 5.99. The van der Waals surface area contributed by atoms with Crippen LogP contribution in [0.15, 0.2) is 0 Å². The normalized spacial score (nSPS) is 49.2. The number of rotatable bonds is 6. The van der Waals surface area contributed by atoms with E-state index in [-0.39, 0.29) is 35.4 Å². The highest BCUT2D eigenvalue weighted by Crippen LogP contribution is 2.68. The molecule has 40 heavy (non-hydrogen) atoms. The van der Waals surface area contributed by atoms with Crippen LogP contribution in [0.1, 0.15) is 78.6 Å². The number of esters is 2. The quantitative estimate of drug-likeness (QED) is 0.350. The lowest BCUT2D eigenvalue weighted by Gasteiger charge is -2.61. The van der Waals surface area contributed by atoms with Crippen molar-refractivity contribution in [2.24, 2.45) is 40.4 Å². The van der Waals surface area contributed by atoms with Crippen LogP contribution in [-0.2, 0) is 28.5 Å². The summed E-state index contributed by atoms with van der Waals surface area (Å²) in [7, 11) is 1.15. The minimum absolute atomic E-state index is 0.0186. The Morgan fingerprint density at radius 1 is 0.925 bits per heavy atom. The van der Waals surface area contributed by atoms with Crippen molar-refractivity contribution in [3.8, 4) is 0 Å². The van der Waals surface area contributed by atoms with E-state index in [0.29, 0.717) is 23.7 Å². The first kappa shape index (κ1) is 30.2. The van der Waals surface area contributed by atoms with Gasteiger partial charge in [-0.1, -0.05) is 13.8 Å². The molecule has 5 fully saturated rings. The Bertz CT molecular complexity index is 943. The molecule has 1 heterocycles. The summed E-state index contributed by atoms with van der Waals surface area (Å²) in [4.78, 5) is 23.7. The third-order valence-corrected chi connectivity index (χ3v) is 12.0. The summed E-state index contributed by atoms with van der Waals surface area (Å²) in [5.74, 6) is 1.23. The number of fused-ring (bicyclic) bond motifs is 5. The van der Waals surface area contributed by atoms with Crippen LogP contribution in [0.5, 0.6) is 0 Å². The maximum atomic E-state index is 12.1. The fourth-order valence-corrected chi connectivity index (χ4v) is 9.92. The van der Waals surface area contributed by atoms with Crippen molar-refractivity contribution in [2.75, 3.05) is 13.7 Å². The van der Waals surface area contributed by atoms with Gasteiger partial charge in [0.05, 0.1) is 19.8 Å². The molecule has 4 saturated carbocycles. The molecule has 4 N–H and O–H groups in total. The molecular formula is C30H48O10. The Morgan fingerprint density at radius 2 is 1.62 bits per heavy atom. The molecule has 0 amide bonds. The van der Waals surface area contributed by atoms with Gasteiger partial charge in [0.15, 0.2) is 12.4 Å². The molecule has 0 aromatic heterocycles. The molecule has 228 valence electrons. The maximum absolute atomic E-state index is 12.1. The monoisotopic (exact) mass is 568 g/mol. The van der Waals surface area contributed by atoms with E-state index in [4.69, 9.17) is 14.2 Å². The van der Waals surface area contributed by atoms with Crippen molar-refractivity contribution in [3.05, 3.63) is 0 Å². The third-order valence-electron chi connectivity index (χ3n) is 12.0. The number of carbonyl (C=O) groups excluding carboxylic acids is 2. The predicted octanol–water partition coefficient (Wildman–Crippen LogP) is 1.94. The fourth-order valence-electron chi connectivity index (χ4n) is 9.92. The number of aliphatic hydroxyl groups is 4. The first-order chi connectivity index (χ1) is 18.9. The van der Waals surface area contributed by atoms with E-state index in [9.17, 15) is 30.0 Å². The molecular weight excluding hydrogens is 520 g/mol. The molecule has 5 rings (SSSR count). The highest BCUT2D eigenvalue weighted by atomic mass is 16.7. The molecule has 0 spiro atoms. The van der Waals surface area contributed by atoms with Crippen molar-refractivity contribution in [2.45, 2.75) is 121 Å². The van der Waals surface area contributed by atoms with Crippen molar-refractivity contribution in [1.82, 2.24) is 0 Å². The summed E-state index contributed by atoms with van der Waals surface area (Å²) in [6.07, 6.45) is 0.909. The van der Waals surface area contributed by atoms with Crippen LogP contribution in [0.3, 0.4) is 0 Å². The van der Waals surface area contributed by atoms with Crippen molar-refractivity contribution in [1.29, 1.82) is 0 Å². The highest BCUT2D eigenvalue weighted by Gasteiger charge is 2.62. The summed E-state index contributed by atoms with van der Waals surface area (Å²) in [6, 6.07) is 0. The standard InChI is InChI=1S/C30H48O10/c1-15(32)38-17-9-11-29(2)16(13-17)5-6-18-19-7-8-21(30(19,3)12-10-20(18)29)22(14-31)39-28-25(35)23(33)24(34)26(40-28)27(36)37-4/h16-26,28,31,33-35H,5-14H2,1-4H3/t16?,17?,18?,19?,20?,21-,22?,23?,24?,25?,26?,28?,29+,30+/m1/s1. The van der Waals surface area contributed by atoms with Gasteiger partial charge >= 0.3 is 11.9 Å². The van der Waals surface area contributed by atoms with Gasteiger partial charge in [-0.25, -0.2) is 4.79 Å². The SMILES string of the molecule is COC(=O)C1OC(OC(CO)[C@H]2CCC3C4CCC5CC(OC(C)=O)CC[C@]5(C)C4CC[C@@]32C)C(O)C(O)C1O. The van der Waals surface area contributed by atoms with Gasteiger partial charge in [0.1, 0.15) is 24.4 Å². The second kappa shape index (κ2) is 11.4. The summed E-state index contributed by atoms with van der Waals surface area (Å²) in [5, 5.41) is 41.7. The van der Waals surface area contributed by atoms with Gasteiger partial charge in [0, 0.05) is 6.92 Å². The first-order valence-corrected chi connectivity index (χ1v) is 15.2. The summed E-state index contributed by atoms with van der Waals surface area (Å²) in [5.41, 5.74) is 0.179.